The lowest BCUT2D eigenvalue weighted by Crippen LogP contribution is -2.46. The lowest BCUT2D eigenvalue weighted by Gasteiger charge is -2.14. The molecule has 3 N–H and O–H groups in total. The van der Waals surface area contributed by atoms with Crippen LogP contribution in [-0.4, -0.2) is 24.5 Å². The van der Waals surface area contributed by atoms with Gasteiger partial charge in [0.15, 0.2) is 0 Å². The van der Waals surface area contributed by atoms with Crippen molar-refractivity contribution in [3.63, 3.8) is 0 Å². The van der Waals surface area contributed by atoms with E-state index in [4.69, 9.17) is 9.72 Å². The van der Waals surface area contributed by atoms with Gasteiger partial charge in [0.05, 0.1) is 11.7 Å². The molecule has 2 aromatic carbocycles. The standard InChI is InChI=1S/C31H30FN5O3/c1-4-27(37-14-5-6-15-37)29-33-24(28(36-29)19(2)3)18-26-31(39)34-25(30(38)35-26)17-20-8-7-9-23(16-20)40-22-12-10-21(32)11-13-22/h5-19,27H,4H2,1-3H3,(H,33,36)(H,34,39)(H,35,38)/b25-17-,26-18-. The number of imidazole rings is 1. The zero-order valence-electron chi connectivity index (χ0n) is 22.4. The van der Waals surface area contributed by atoms with Crippen molar-refractivity contribution in [2.75, 3.05) is 0 Å². The Morgan fingerprint density at radius 3 is 2.23 bits per heavy atom. The summed E-state index contributed by atoms with van der Waals surface area (Å²) in [6.07, 6.45) is 8.00. The Bertz CT molecular complexity index is 1850. The van der Waals surface area contributed by atoms with Crippen LogP contribution in [0.4, 0.5) is 4.39 Å². The second kappa shape index (κ2) is 11.4. The van der Waals surface area contributed by atoms with Crippen molar-refractivity contribution >= 4 is 12.2 Å². The van der Waals surface area contributed by atoms with Gasteiger partial charge in [0.2, 0.25) is 0 Å². The van der Waals surface area contributed by atoms with Crippen molar-refractivity contribution in [1.29, 1.82) is 0 Å². The highest BCUT2D eigenvalue weighted by Crippen LogP contribution is 2.25. The Kier molecular flexibility index (Phi) is 7.63. The Morgan fingerprint density at radius 1 is 0.900 bits per heavy atom. The third-order valence-electron chi connectivity index (χ3n) is 6.53. The van der Waals surface area contributed by atoms with E-state index < -0.39 is 11.1 Å². The predicted octanol–water partition coefficient (Wildman–Crippen LogP) is 4.30. The predicted molar refractivity (Wildman–Crippen MR) is 153 cm³/mol. The number of nitrogens with one attached hydrogen (secondary N) is 3. The van der Waals surface area contributed by atoms with E-state index in [1.807, 2.05) is 38.4 Å². The van der Waals surface area contributed by atoms with Gasteiger partial charge in [-0.25, -0.2) is 9.37 Å². The molecule has 0 aliphatic rings. The summed E-state index contributed by atoms with van der Waals surface area (Å²) >= 11 is 0. The van der Waals surface area contributed by atoms with Gasteiger partial charge in [-0.05, 0) is 78.6 Å². The summed E-state index contributed by atoms with van der Waals surface area (Å²) in [4.78, 5) is 39.6. The second-order valence-corrected chi connectivity index (χ2v) is 9.78. The molecule has 8 nitrogen and oxygen atoms in total. The zero-order chi connectivity index (χ0) is 28.2. The van der Waals surface area contributed by atoms with Crippen LogP contribution in [0.2, 0.25) is 0 Å². The van der Waals surface area contributed by atoms with Crippen LogP contribution < -0.4 is 26.6 Å². The highest BCUT2D eigenvalue weighted by Gasteiger charge is 2.19. The molecular formula is C31H30FN5O3. The van der Waals surface area contributed by atoms with Crippen molar-refractivity contribution in [3.8, 4) is 11.5 Å². The molecule has 3 heterocycles. The maximum Gasteiger partial charge on any atom is 0.272 e. The first-order valence-corrected chi connectivity index (χ1v) is 13.1. The van der Waals surface area contributed by atoms with Crippen LogP contribution in [0.5, 0.6) is 11.5 Å². The first kappa shape index (κ1) is 26.7. The Hall–Kier alpha value is -4.92. The molecule has 0 bridgehead atoms. The molecule has 0 radical (unpaired) electrons. The number of aromatic amines is 3. The number of ether oxygens (including phenoxy) is 1. The number of H-pyrrole nitrogens is 3. The van der Waals surface area contributed by atoms with Crippen LogP contribution in [0.25, 0.3) is 12.2 Å². The average Bonchev–Trinajstić information content (AvgIpc) is 3.60. The molecule has 204 valence electrons. The highest BCUT2D eigenvalue weighted by atomic mass is 19.1. The van der Waals surface area contributed by atoms with Crippen molar-refractivity contribution in [2.45, 2.75) is 39.2 Å². The van der Waals surface area contributed by atoms with Crippen LogP contribution in [0.3, 0.4) is 0 Å². The van der Waals surface area contributed by atoms with E-state index in [-0.39, 0.29) is 28.5 Å². The van der Waals surface area contributed by atoms with Gasteiger partial charge in [0.1, 0.15) is 33.8 Å². The van der Waals surface area contributed by atoms with Crippen molar-refractivity contribution in [3.05, 3.63) is 133 Å². The molecule has 3 aromatic heterocycles. The number of hydrogen-bond donors (Lipinski definition) is 3. The SMILES string of the molecule is CCC(c1nc(/C=c2\[nH]c(=O)/c(=C/c3cccc(Oc4ccc(F)cc4)c3)[nH]c2=O)c(C(C)C)[nH]1)n1cccc1. The van der Waals surface area contributed by atoms with Crippen LogP contribution in [0, 0.1) is 5.82 Å². The maximum atomic E-state index is 13.2. The number of hydrogen-bond acceptors (Lipinski definition) is 4. The largest absolute Gasteiger partial charge is 0.457 e. The molecule has 0 aliphatic carbocycles. The van der Waals surface area contributed by atoms with Gasteiger partial charge in [0.25, 0.3) is 11.1 Å². The quantitative estimate of drug-likeness (QED) is 0.273. The van der Waals surface area contributed by atoms with Crippen LogP contribution in [-0.2, 0) is 0 Å². The molecule has 0 fully saturated rings. The topological polar surface area (TPSA) is 109 Å². The third-order valence-corrected chi connectivity index (χ3v) is 6.53. The summed E-state index contributed by atoms with van der Waals surface area (Å²) in [5, 5.41) is 0.219. The molecule has 1 unspecified atom stereocenters. The number of benzene rings is 2. The third kappa shape index (κ3) is 5.88. The van der Waals surface area contributed by atoms with E-state index in [0.717, 1.165) is 17.9 Å². The fourth-order valence-corrected chi connectivity index (χ4v) is 4.53. The van der Waals surface area contributed by atoms with E-state index in [1.54, 1.807) is 36.4 Å². The number of rotatable bonds is 8. The lowest BCUT2D eigenvalue weighted by atomic mass is 10.1. The van der Waals surface area contributed by atoms with Gasteiger partial charge in [-0.2, -0.15) is 0 Å². The van der Waals surface area contributed by atoms with E-state index >= 15 is 0 Å². The fraction of sp³-hybridized carbons (Fsp3) is 0.194. The monoisotopic (exact) mass is 539 g/mol. The minimum Gasteiger partial charge on any atom is -0.457 e. The summed E-state index contributed by atoms with van der Waals surface area (Å²) < 4.78 is 21.0. The molecule has 0 amide bonds. The first-order chi connectivity index (χ1) is 19.3. The summed E-state index contributed by atoms with van der Waals surface area (Å²) in [5.41, 5.74) is 1.25. The van der Waals surface area contributed by atoms with Crippen molar-refractivity contribution < 1.29 is 9.13 Å². The normalized spacial score (nSPS) is 13.2. The number of aromatic nitrogens is 5. The summed E-state index contributed by atoms with van der Waals surface area (Å²) in [7, 11) is 0. The summed E-state index contributed by atoms with van der Waals surface area (Å²) in [5.74, 6) is 1.54. The molecule has 5 rings (SSSR count). The molecule has 0 aliphatic heterocycles. The molecular weight excluding hydrogens is 509 g/mol. The molecule has 9 heteroatoms. The van der Waals surface area contributed by atoms with Gasteiger partial charge < -0.3 is 24.3 Å². The van der Waals surface area contributed by atoms with Crippen LogP contribution in [0.15, 0.2) is 82.6 Å². The van der Waals surface area contributed by atoms with E-state index in [0.29, 0.717) is 22.8 Å². The van der Waals surface area contributed by atoms with Gasteiger partial charge in [-0.1, -0.05) is 32.9 Å². The summed E-state index contributed by atoms with van der Waals surface area (Å²) in [6, 6.07) is 16.7. The molecule has 5 aromatic rings. The molecule has 40 heavy (non-hydrogen) atoms. The minimum absolute atomic E-state index is 0.0201. The van der Waals surface area contributed by atoms with Crippen molar-refractivity contribution in [2.24, 2.45) is 0 Å². The Morgan fingerprint density at radius 2 is 1.57 bits per heavy atom. The molecule has 0 saturated heterocycles. The van der Waals surface area contributed by atoms with Gasteiger partial charge in [-0.3, -0.25) is 9.59 Å². The summed E-state index contributed by atoms with van der Waals surface area (Å²) in [6.45, 7) is 6.18. The van der Waals surface area contributed by atoms with Crippen LogP contribution >= 0.6 is 0 Å². The smallest absolute Gasteiger partial charge is 0.272 e. The first-order valence-electron chi connectivity index (χ1n) is 13.1. The molecule has 0 spiro atoms. The average molecular weight is 540 g/mol. The van der Waals surface area contributed by atoms with Gasteiger partial charge in [0, 0.05) is 18.1 Å². The van der Waals surface area contributed by atoms with E-state index in [1.165, 1.54) is 24.3 Å². The number of halogens is 1. The van der Waals surface area contributed by atoms with Gasteiger partial charge >= 0.3 is 0 Å². The van der Waals surface area contributed by atoms with Crippen molar-refractivity contribution in [1.82, 2.24) is 24.5 Å². The lowest BCUT2D eigenvalue weighted by molar-refractivity contribution is 0.480. The Balaban J connectivity index is 1.49. The second-order valence-electron chi connectivity index (χ2n) is 9.78. The molecule has 0 saturated carbocycles. The maximum absolute atomic E-state index is 13.2. The van der Waals surface area contributed by atoms with Crippen LogP contribution in [0.1, 0.15) is 61.9 Å². The van der Waals surface area contributed by atoms with E-state index in [9.17, 15) is 14.0 Å². The molecule has 1 atom stereocenters. The highest BCUT2D eigenvalue weighted by molar-refractivity contribution is 5.52. The van der Waals surface area contributed by atoms with Gasteiger partial charge in [-0.15, -0.1) is 0 Å². The minimum atomic E-state index is -0.448. The van der Waals surface area contributed by atoms with E-state index in [2.05, 4.69) is 26.4 Å². The Labute approximate surface area is 229 Å². The number of nitrogens with zero attached hydrogens (tertiary/aromatic N) is 2. The zero-order valence-corrected chi connectivity index (χ0v) is 22.4. The fourth-order valence-electron chi connectivity index (χ4n) is 4.53.